The minimum atomic E-state index is -0.745. The molecule has 0 radical (unpaired) electrons. The molecule has 4 aromatic carbocycles. The highest BCUT2D eigenvalue weighted by Crippen LogP contribution is 2.50. The minimum Gasteiger partial charge on any atom is -0.444 e. The molecule has 138 heavy (non-hydrogen) atoms. The van der Waals surface area contributed by atoms with E-state index in [0.717, 1.165) is 93.0 Å². The number of rotatable bonds is 26. The maximum absolute atomic E-state index is 13.8. The van der Waals surface area contributed by atoms with Gasteiger partial charge < -0.3 is 81.9 Å². The number of nitrogens with one attached hydrogen (secondary N) is 6. The summed E-state index contributed by atoms with van der Waals surface area (Å²) in [5, 5.41) is 24.9. The fraction of sp³-hybridized carbons (Fsp3) is 0.689. The van der Waals surface area contributed by atoms with E-state index in [1.54, 1.807) is 69.3 Å². The summed E-state index contributed by atoms with van der Waals surface area (Å²) in [4.78, 5) is 115. The van der Waals surface area contributed by atoms with Crippen LogP contribution in [-0.4, -0.2) is 205 Å². The highest BCUT2D eigenvalue weighted by molar-refractivity contribution is 7.80. The minimum absolute atomic E-state index is 0.0479. The molecule has 4 aliphatic heterocycles. The average molecular weight is 2010 g/mol. The second-order valence-electron chi connectivity index (χ2n) is 43.9. The maximum atomic E-state index is 13.8. The van der Waals surface area contributed by atoms with Gasteiger partial charge in [0, 0.05) is 123 Å². The number of likely N-dealkylation sites (tertiary alicyclic amines) is 4. The number of carbonyl (C=O) groups excluding carboxylic acids is 8. The van der Waals surface area contributed by atoms with Gasteiger partial charge in [0.15, 0.2) is 5.11 Å². The molecule has 0 bridgehead atoms. The van der Waals surface area contributed by atoms with Crippen molar-refractivity contribution in [1.29, 1.82) is 0 Å². The van der Waals surface area contributed by atoms with Crippen LogP contribution in [0.4, 0.5) is 19.2 Å². The number of halogens is 4. The summed E-state index contributed by atoms with van der Waals surface area (Å²) in [7, 11) is 1.84. The lowest BCUT2D eigenvalue weighted by atomic mass is 9.63. The molecule has 4 aromatic rings. The topological polar surface area (TPSA) is 359 Å². The van der Waals surface area contributed by atoms with E-state index in [9.17, 15) is 38.4 Å². The Kier molecular flexibility index (Phi) is 43.9. The van der Waals surface area contributed by atoms with Crippen molar-refractivity contribution in [2.45, 2.75) is 335 Å². The molecule has 10 N–H and O–H groups in total. The van der Waals surface area contributed by atoms with Crippen molar-refractivity contribution in [3.8, 4) is 0 Å². The van der Waals surface area contributed by atoms with Gasteiger partial charge in [0.1, 0.15) is 46.6 Å². The van der Waals surface area contributed by atoms with E-state index in [0.29, 0.717) is 147 Å². The number of nitrogens with two attached hydrogens (primary N) is 2. The molecule has 4 atom stereocenters. The lowest BCUT2D eigenvalue weighted by molar-refractivity contribution is -0.137. The number of hydrogen-bond acceptors (Lipinski definition) is 16. The van der Waals surface area contributed by atoms with Crippen molar-refractivity contribution in [2.75, 3.05) is 85.6 Å². The highest BCUT2D eigenvalue weighted by Gasteiger charge is 2.49. The first-order valence-corrected chi connectivity index (χ1v) is 52.8. The third kappa shape index (κ3) is 36.1. The summed E-state index contributed by atoms with van der Waals surface area (Å²) in [5.41, 5.74) is 23.0. The molecule has 4 heterocycles. The average Bonchev–Trinajstić information content (AvgIpc) is 0.796. The highest BCUT2D eigenvalue weighted by atomic mass is 35.5. The van der Waals surface area contributed by atoms with Crippen LogP contribution in [0, 0.1) is 45.3 Å². The first-order valence-electron chi connectivity index (χ1n) is 50.8. The lowest BCUT2D eigenvalue weighted by Gasteiger charge is -2.48. The molecule has 4 saturated heterocycles. The molecular formula is C106H161Cl4N15O12S. The third-order valence-electron chi connectivity index (χ3n) is 29.6. The van der Waals surface area contributed by atoms with Crippen LogP contribution < -0.4 is 43.4 Å². The number of carbonyl (C=O) groups is 8. The largest absolute Gasteiger partial charge is 0.444 e. The van der Waals surface area contributed by atoms with Crippen LogP contribution in [0.25, 0.3) is 10.4 Å². The number of nitrogens with zero attached hydrogens (tertiary/aromatic N) is 7. The number of thiocarbonyl (C=S) groups is 1. The number of ether oxygens (including phenoxy) is 4. The zero-order chi connectivity index (χ0) is 101. The van der Waals surface area contributed by atoms with Gasteiger partial charge in [-0.2, -0.15) is 0 Å². The number of amides is 8. The number of alkyl carbamates (subject to hydrolysis) is 4. The molecule has 8 aliphatic rings. The predicted molar refractivity (Wildman–Crippen MR) is 554 cm³/mol. The Labute approximate surface area is 847 Å². The van der Waals surface area contributed by atoms with Crippen LogP contribution in [0.1, 0.15) is 285 Å². The van der Waals surface area contributed by atoms with Crippen LogP contribution in [0.5, 0.6) is 0 Å². The van der Waals surface area contributed by atoms with Gasteiger partial charge in [-0.3, -0.25) is 19.2 Å². The fourth-order valence-electron chi connectivity index (χ4n) is 22.0. The molecule has 0 aromatic heterocycles. The Morgan fingerprint density at radius 1 is 0.377 bits per heavy atom. The Morgan fingerprint density at radius 3 is 0.797 bits per heavy atom. The van der Waals surface area contributed by atoms with Gasteiger partial charge in [-0.25, -0.2) is 19.2 Å². The van der Waals surface area contributed by atoms with Crippen LogP contribution in [0.3, 0.4) is 0 Å². The lowest BCUT2D eigenvalue weighted by Crippen LogP contribution is -2.56. The van der Waals surface area contributed by atoms with Crippen LogP contribution in [-0.2, 0) is 63.8 Å². The quantitative estimate of drug-likeness (QED) is 0.00952. The Hall–Kier alpha value is -8.08. The number of benzene rings is 4. The van der Waals surface area contributed by atoms with Crippen molar-refractivity contribution < 1.29 is 57.3 Å². The second-order valence-corrected chi connectivity index (χ2v) is 46.1. The predicted octanol–water partition coefficient (Wildman–Crippen LogP) is 21.2. The van der Waals surface area contributed by atoms with Crippen LogP contribution in [0.15, 0.2) is 102 Å². The summed E-state index contributed by atoms with van der Waals surface area (Å²) >= 11 is 29.5. The van der Waals surface area contributed by atoms with E-state index in [1.165, 1.54) is 116 Å². The van der Waals surface area contributed by atoms with Crippen molar-refractivity contribution in [3.63, 3.8) is 0 Å². The number of piperidine rings is 4. The Balaban J connectivity index is 0.000000206. The van der Waals surface area contributed by atoms with E-state index >= 15 is 0 Å². The molecule has 8 fully saturated rings. The molecule has 4 saturated carbocycles. The molecule has 8 amide bonds. The second kappa shape index (κ2) is 53.3. The molecule has 766 valence electrons. The Bertz CT molecular complexity index is 4430. The van der Waals surface area contributed by atoms with E-state index in [4.69, 9.17) is 94.6 Å². The fourth-order valence-corrected chi connectivity index (χ4v) is 22.5. The molecule has 0 spiro atoms. The molecule has 27 nitrogen and oxygen atoms in total. The summed E-state index contributed by atoms with van der Waals surface area (Å²) < 4.78 is 21.8. The Morgan fingerprint density at radius 2 is 0.587 bits per heavy atom. The third-order valence-corrected chi connectivity index (χ3v) is 31.0. The molecular weight excluding hydrogens is 1850 g/mol. The van der Waals surface area contributed by atoms with Crippen molar-refractivity contribution in [2.24, 2.45) is 61.9 Å². The van der Waals surface area contributed by atoms with Gasteiger partial charge in [0.2, 0.25) is 23.6 Å². The first-order chi connectivity index (χ1) is 65.4. The molecule has 0 unspecified atom stereocenters. The molecule has 4 aliphatic carbocycles. The van der Waals surface area contributed by atoms with Crippen LogP contribution >= 0.6 is 58.6 Å². The zero-order valence-electron chi connectivity index (χ0n) is 84.6. The first kappa shape index (κ1) is 114. The van der Waals surface area contributed by atoms with Crippen molar-refractivity contribution in [1.82, 2.24) is 51.5 Å². The van der Waals surface area contributed by atoms with Crippen molar-refractivity contribution >= 4 is 112 Å². The molecule has 12 rings (SSSR count). The van der Waals surface area contributed by atoms with Gasteiger partial charge in [0.25, 0.3) is 0 Å². The zero-order valence-corrected chi connectivity index (χ0v) is 88.4. The standard InChI is InChI=1S/C28H43ClN4O3S.C26H38ClN5O3.2C26H40ClN3O3/c1-27(2,3)36-26(35)32-23(18-20-10-12-22(29)13-11-20)24(34)33-16-14-28(15-17-33,19-31-25(37)30-4)21-8-6-5-7-9-21;1-25(2,3)35-24(34)30-22(17-19-9-11-21(27)12-10-19)23(33)32-15-13-26(14-16-32,18-29-31-28)20-7-5-4-6-8-20;2*1-25(2,3)33-24(32)29-22(17-19-9-11-21(27)12-10-19)23(31)30-15-13-26(18-28,14-16-30)20-7-5-4-6-8-20/h10-13,21,23H,5-9,14-19H2,1-4H3,(H,32,35)(H2,30,31,37);9-12,20,22H,4-8,13-18H2,1-3H3,(H,30,34);2*9-12,20,22H,4-8,13-18,28H2,1-3H3,(H,29,32)/t23-;3*22-/m1111/s1. The summed E-state index contributed by atoms with van der Waals surface area (Å²) in [6, 6.07) is 26.6. The number of hydrogen-bond donors (Lipinski definition) is 8. The van der Waals surface area contributed by atoms with E-state index in [-0.39, 0.29) is 45.3 Å². The number of azide groups is 1. The van der Waals surface area contributed by atoms with Gasteiger partial charge in [-0.15, -0.1) is 0 Å². The summed E-state index contributed by atoms with van der Waals surface area (Å²) in [5.74, 6) is 2.18. The maximum Gasteiger partial charge on any atom is 0.408 e. The van der Waals surface area contributed by atoms with E-state index < -0.39 is 70.9 Å². The van der Waals surface area contributed by atoms with Crippen molar-refractivity contribution in [3.05, 3.63) is 150 Å². The van der Waals surface area contributed by atoms with Gasteiger partial charge >= 0.3 is 24.4 Å². The monoisotopic (exact) mass is 2010 g/mol. The van der Waals surface area contributed by atoms with E-state index in [1.807, 2.05) is 137 Å². The normalized spacial score (nSPS) is 19.7. The molecule has 32 heteroatoms. The van der Waals surface area contributed by atoms with Gasteiger partial charge in [0.05, 0.1) is 0 Å². The smallest absolute Gasteiger partial charge is 0.408 e. The van der Waals surface area contributed by atoms with Gasteiger partial charge in [-0.05, 0) is 333 Å². The summed E-state index contributed by atoms with van der Waals surface area (Å²) in [6.07, 6.45) is 31.5. The van der Waals surface area contributed by atoms with E-state index in [2.05, 4.69) is 41.9 Å². The van der Waals surface area contributed by atoms with Crippen LogP contribution in [0.2, 0.25) is 20.1 Å². The summed E-state index contributed by atoms with van der Waals surface area (Å²) in [6.45, 7) is 29.6. The SMILES string of the molecule is CC(C)(C)OC(=O)N[C@H](Cc1ccc(Cl)cc1)C(=O)N1CCC(CN)(C2CCCCC2)CC1.CC(C)(C)OC(=O)N[C@H](Cc1ccc(Cl)cc1)C(=O)N1CCC(CN)(C2CCCCC2)CC1.CC(C)(C)OC(=O)N[C@H](Cc1ccc(Cl)cc1)C(=O)N1CCC(CN=[N+]=[N-])(C2CCCCC2)CC1.CNC(=S)NCC1(C2CCCCC2)CCN(C(=O)[C@@H](Cc2ccc(Cl)cc2)NC(=O)OC(C)(C)C)CC1. The van der Waals surface area contributed by atoms with Gasteiger partial charge in [-0.1, -0.05) is 177 Å².